The molecule has 1 aromatic carbocycles. The van der Waals surface area contributed by atoms with Crippen LogP contribution in [-0.2, 0) is 19.6 Å². The normalized spacial score (nSPS) is 20.9. The van der Waals surface area contributed by atoms with Crippen molar-refractivity contribution < 1.29 is 28.0 Å². The highest BCUT2D eigenvalue weighted by Gasteiger charge is 2.57. The molecule has 1 heterocycles. The number of nitro groups is 1. The van der Waals surface area contributed by atoms with Crippen molar-refractivity contribution in [3.8, 4) is 0 Å². The number of β-lactam (4-membered cyclic amide) rings is 1. The number of carbonyl (C=O) groups excluding carboxylic acids is 1. The zero-order valence-corrected chi connectivity index (χ0v) is 14.5. The zero-order chi connectivity index (χ0) is 19.2. The SMILES string of the molecule is CC(C)(C(=O)O)N1C[C@@](C)(NS(=O)(=O)c2ccccc2[N+](=O)[O-])C1=O. The molecule has 2 N–H and O–H groups in total. The monoisotopic (exact) mass is 371 g/mol. The molecule has 25 heavy (non-hydrogen) atoms. The third-order valence-corrected chi connectivity index (χ3v) is 5.74. The molecule has 136 valence electrons. The Morgan fingerprint density at radius 3 is 2.44 bits per heavy atom. The van der Waals surface area contributed by atoms with Crippen LogP contribution in [0.3, 0.4) is 0 Å². The summed E-state index contributed by atoms with van der Waals surface area (Å²) in [6.45, 7) is 3.77. The van der Waals surface area contributed by atoms with Crippen LogP contribution in [0.4, 0.5) is 5.69 Å². The summed E-state index contributed by atoms with van der Waals surface area (Å²) in [5, 5.41) is 20.2. The number of nitro benzene ring substituents is 1. The van der Waals surface area contributed by atoms with E-state index in [4.69, 9.17) is 5.11 Å². The predicted octanol–water partition coefficient (Wildman–Crippen LogP) is 0.337. The summed E-state index contributed by atoms with van der Waals surface area (Å²) in [5.74, 6) is -1.95. The summed E-state index contributed by atoms with van der Waals surface area (Å²) in [6.07, 6.45) is 0. The molecule has 2 rings (SSSR count). The molecular formula is C14H17N3O7S. The molecule has 10 nitrogen and oxygen atoms in total. The number of likely N-dealkylation sites (tertiary alicyclic amines) is 1. The molecule has 1 amide bonds. The van der Waals surface area contributed by atoms with Crippen molar-refractivity contribution in [3.05, 3.63) is 34.4 Å². The van der Waals surface area contributed by atoms with E-state index in [9.17, 15) is 28.1 Å². The van der Waals surface area contributed by atoms with Crippen molar-refractivity contribution in [2.75, 3.05) is 6.54 Å². The number of hydrogen-bond donors (Lipinski definition) is 2. The smallest absolute Gasteiger partial charge is 0.329 e. The van der Waals surface area contributed by atoms with Gasteiger partial charge in [0.05, 0.1) is 4.92 Å². The van der Waals surface area contributed by atoms with Crippen molar-refractivity contribution in [1.29, 1.82) is 0 Å². The Bertz CT molecular complexity index is 865. The minimum absolute atomic E-state index is 0.176. The van der Waals surface area contributed by atoms with Crippen molar-refractivity contribution in [3.63, 3.8) is 0 Å². The maximum atomic E-state index is 12.5. The number of nitrogens with one attached hydrogen (secondary N) is 1. The van der Waals surface area contributed by atoms with E-state index in [-0.39, 0.29) is 6.54 Å². The molecule has 0 aromatic heterocycles. The van der Waals surface area contributed by atoms with Gasteiger partial charge in [0.1, 0.15) is 11.1 Å². The second-order valence-electron chi connectivity index (χ2n) is 6.42. The number of hydrogen-bond acceptors (Lipinski definition) is 6. The highest BCUT2D eigenvalue weighted by molar-refractivity contribution is 7.89. The van der Waals surface area contributed by atoms with Gasteiger partial charge in [-0.2, -0.15) is 4.72 Å². The van der Waals surface area contributed by atoms with Gasteiger partial charge in [-0.1, -0.05) is 12.1 Å². The van der Waals surface area contributed by atoms with Gasteiger partial charge in [-0.15, -0.1) is 0 Å². The Labute approximate surface area is 143 Å². The topological polar surface area (TPSA) is 147 Å². The van der Waals surface area contributed by atoms with Crippen LogP contribution in [0, 0.1) is 10.1 Å². The quantitative estimate of drug-likeness (QED) is 0.416. The number of carboxylic acids is 1. The number of rotatable bonds is 6. The number of aliphatic carboxylic acids is 1. The molecule has 1 aromatic rings. The number of carbonyl (C=O) groups is 2. The van der Waals surface area contributed by atoms with Gasteiger partial charge in [0.25, 0.3) is 5.69 Å². The van der Waals surface area contributed by atoms with Crippen molar-refractivity contribution in [2.24, 2.45) is 0 Å². The Balaban J connectivity index is 2.30. The number of para-hydroxylation sites is 1. The lowest BCUT2D eigenvalue weighted by molar-refractivity contribution is -0.387. The fourth-order valence-corrected chi connectivity index (χ4v) is 4.02. The fraction of sp³-hybridized carbons (Fsp3) is 0.429. The van der Waals surface area contributed by atoms with Gasteiger partial charge in [0, 0.05) is 12.6 Å². The molecular weight excluding hydrogens is 354 g/mol. The zero-order valence-electron chi connectivity index (χ0n) is 13.7. The van der Waals surface area contributed by atoms with E-state index in [1.165, 1.54) is 32.9 Å². The third kappa shape index (κ3) is 3.07. The highest BCUT2D eigenvalue weighted by atomic mass is 32.2. The number of amides is 1. The maximum absolute atomic E-state index is 12.5. The Morgan fingerprint density at radius 1 is 1.40 bits per heavy atom. The Kier molecular flexibility index (Phi) is 4.34. The largest absolute Gasteiger partial charge is 0.480 e. The Hall–Kier alpha value is -2.53. The van der Waals surface area contributed by atoms with Crippen LogP contribution >= 0.6 is 0 Å². The van der Waals surface area contributed by atoms with Crippen LogP contribution in [0.25, 0.3) is 0 Å². The first kappa shape index (κ1) is 18.8. The first-order valence-corrected chi connectivity index (χ1v) is 8.64. The van der Waals surface area contributed by atoms with Gasteiger partial charge in [-0.25, -0.2) is 13.2 Å². The minimum atomic E-state index is -4.36. The molecule has 0 aliphatic carbocycles. The average molecular weight is 371 g/mol. The second-order valence-corrected chi connectivity index (χ2v) is 8.07. The fourth-order valence-electron chi connectivity index (χ4n) is 2.49. The van der Waals surface area contributed by atoms with Crippen LogP contribution in [0.1, 0.15) is 20.8 Å². The molecule has 11 heteroatoms. The molecule has 0 radical (unpaired) electrons. The molecule has 0 saturated carbocycles. The third-order valence-electron chi connectivity index (χ3n) is 4.10. The van der Waals surface area contributed by atoms with E-state index >= 15 is 0 Å². The lowest BCUT2D eigenvalue weighted by Crippen LogP contribution is -2.77. The van der Waals surface area contributed by atoms with Gasteiger partial charge in [-0.05, 0) is 26.8 Å². The maximum Gasteiger partial charge on any atom is 0.329 e. The molecule has 1 saturated heterocycles. The number of sulfonamides is 1. The van der Waals surface area contributed by atoms with Crippen LogP contribution in [0.5, 0.6) is 0 Å². The average Bonchev–Trinajstić information content (AvgIpc) is 2.51. The lowest BCUT2D eigenvalue weighted by atomic mass is 9.86. The Morgan fingerprint density at radius 2 is 1.96 bits per heavy atom. The van der Waals surface area contributed by atoms with Gasteiger partial charge in [-0.3, -0.25) is 14.9 Å². The second kappa shape index (κ2) is 5.77. The number of carboxylic acid groups (broad SMARTS) is 1. The summed E-state index contributed by atoms with van der Waals surface area (Å²) in [7, 11) is -4.36. The molecule has 1 atom stereocenters. The van der Waals surface area contributed by atoms with Crippen LogP contribution < -0.4 is 4.72 Å². The highest BCUT2D eigenvalue weighted by Crippen LogP contribution is 2.33. The first-order valence-electron chi connectivity index (χ1n) is 7.16. The molecule has 0 unspecified atom stereocenters. The van der Waals surface area contributed by atoms with E-state index in [0.29, 0.717) is 0 Å². The summed E-state index contributed by atoms with van der Waals surface area (Å²) in [6, 6.07) is 4.75. The van der Waals surface area contributed by atoms with Crippen molar-refractivity contribution in [1.82, 2.24) is 9.62 Å². The summed E-state index contributed by atoms with van der Waals surface area (Å²) in [5.41, 5.74) is -3.69. The van der Waals surface area contributed by atoms with E-state index in [2.05, 4.69) is 4.72 Å². The van der Waals surface area contributed by atoms with Gasteiger partial charge in [0.15, 0.2) is 4.90 Å². The van der Waals surface area contributed by atoms with Crippen LogP contribution in [-0.4, -0.2) is 52.8 Å². The summed E-state index contributed by atoms with van der Waals surface area (Å²) in [4.78, 5) is 34.2. The molecule has 1 aliphatic heterocycles. The lowest BCUT2D eigenvalue weighted by Gasteiger charge is -2.52. The number of nitrogens with zero attached hydrogens (tertiary/aromatic N) is 2. The number of benzene rings is 1. The van der Waals surface area contributed by atoms with Gasteiger partial charge < -0.3 is 10.0 Å². The molecule has 1 aliphatic rings. The first-order chi connectivity index (χ1) is 11.3. The summed E-state index contributed by atoms with van der Waals surface area (Å²) >= 11 is 0. The van der Waals surface area contributed by atoms with E-state index in [1.807, 2.05) is 0 Å². The van der Waals surface area contributed by atoms with Crippen molar-refractivity contribution in [2.45, 2.75) is 36.7 Å². The molecule has 1 fully saturated rings. The van der Waals surface area contributed by atoms with Crippen molar-refractivity contribution >= 4 is 27.6 Å². The predicted molar refractivity (Wildman–Crippen MR) is 85.3 cm³/mol. The van der Waals surface area contributed by atoms with Gasteiger partial charge in [0.2, 0.25) is 15.9 Å². The van der Waals surface area contributed by atoms with E-state index < -0.39 is 48.5 Å². The van der Waals surface area contributed by atoms with Crippen LogP contribution in [0.15, 0.2) is 29.2 Å². The van der Waals surface area contributed by atoms with E-state index in [1.54, 1.807) is 0 Å². The molecule has 0 spiro atoms. The van der Waals surface area contributed by atoms with Gasteiger partial charge >= 0.3 is 5.97 Å². The van der Waals surface area contributed by atoms with Crippen LogP contribution in [0.2, 0.25) is 0 Å². The van der Waals surface area contributed by atoms with E-state index in [0.717, 1.165) is 17.0 Å². The molecule has 0 bridgehead atoms. The standard InChI is InChI=1S/C14H17N3O7S/c1-13(2,12(19)20)16-8-14(3,11(16)18)15-25(23,24)10-7-5-4-6-9(10)17(21)22/h4-7,15H,8H2,1-3H3,(H,19,20)/t14-/m1/s1. The summed E-state index contributed by atoms with van der Waals surface area (Å²) < 4.78 is 27.2. The minimum Gasteiger partial charge on any atom is -0.480 e.